The zero-order valence-electron chi connectivity index (χ0n) is 9.33. The summed E-state index contributed by atoms with van der Waals surface area (Å²) in [5.41, 5.74) is 2.57. The Morgan fingerprint density at radius 1 is 1.28 bits per heavy atom. The van der Waals surface area contributed by atoms with E-state index < -0.39 is 0 Å². The molecule has 2 aromatic heterocycles. The van der Waals surface area contributed by atoms with Crippen LogP contribution >= 0.6 is 0 Å². The van der Waals surface area contributed by atoms with E-state index in [-0.39, 0.29) is 5.91 Å². The zero-order valence-corrected chi connectivity index (χ0v) is 9.33. The van der Waals surface area contributed by atoms with Gasteiger partial charge in [0.05, 0.1) is 5.56 Å². The summed E-state index contributed by atoms with van der Waals surface area (Å²) in [4.78, 5) is 19.8. The maximum absolute atomic E-state index is 11.9. The van der Waals surface area contributed by atoms with Crippen molar-refractivity contribution in [2.45, 2.75) is 0 Å². The number of anilines is 1. The molecule has 0 spiro atoms. The van der Waals surface area contributed by atoms with Crippen LogP contribution in [0.3, 0.4) is 0 Å². The fourth-order valence-electron chi connectivity index (χ4n) is 1.63. The van der Waals surface area contributed by atoms with Gasteiger partial charge < -0.3 is 9.73 Å². The Bertz CT molecular complexity index is 692. The summed E-state index contributed by atoms with van der Waals surface area (Å²) < 4.78 is 5.17. The summed E-state index contributed by atoms with van der Waals surface area (Å²) in [7, 11) is 0. The minimum atomic E-state index is -0.207. The molecular formula is C13H9N3O2. The number of pyridine rings is 1. The lowest BCUT2D eigenvalue weighted by Gasteiger charge is -2.04. The number of aromatic nitrogens is 2. The van der Waals surface area contributed by atoms with E-state index in [0.29, 0.717) is 16.8 Å². The van der Waals surface area contributed by atoms with Gasteiger partial charge in [-0.3, -0.25) is 9.78 Å². The van der Waals surface area contributed by atoms with Crippen LogP contribution in [0.5, 0.6) is 0 Å². The van der Waals surface area contributed by atoms with Crippen molar-refractivity contribution in [2.24, 2.45) is 0 Å². The Hall–Kier alpha value is -2.69. The first-order chi connectivity index (χ1) is 8.83. The fourth-order valence-corrected chi connectivity index (χ4v) is 1.63. The molecule has 2 heterocycles. The van der Waals surface area contributed by atoms with Crippen molar-refractivity contribution in [3.05, 3.63) is 54.7 Å². The van der Waals surface area contributed by atoms with E-state index in [1.165, 1.54) is 12.6 Å². The van der Waals surface area contributed by atoms with E-state index in [0.717, 1.165) is 5.52 Å². The lowest BCUT2D eigenvalue weighted by molar-refractivity contribution is 0.102. The molecular weight excluding hydrogens is 230 g/mol. The number of oxazole rings is 1. The molecule has 3 aromatic rings. The molecule has 0 aliphatic heterocycles. The van der Waals surface area contributed by atoms with Crippen molar-refractivity contribution >= 4 is 22.7 Å². The van der Waals surface area contributed by atoms with Gasteiger partial charge in [-0.25, -0.2) is 4.98 Å². The molecule has 1 N–H and O–H groups in total. The van der Waals surface area contributed by atoms with Crippen molar-refractivity contribution in [3.63, 3.8) is 0 Å². The van der Waals surface area contributed by atoms with E-state index in [1.807, 2.05) is 0 Å². The molecule has 0 fully saturated rings. The SMILES string of the molecule is O=C(Nc1ccc2ncoc2c1)c1cccnc1. The van der Waals surface area contributed by atoms with Gasteiger partial charge in [-0.15, -0.1) is 0 Å². The Morgan fingerprint density at radius 3 is 3.06 bits per heavy atom. The van der Waals surface area contributed by atoms with Gasteiger partial charge in [-0.05, 0) is 24.3 Å². The maximum Gasteiger partial charge on any atom is 0.257 e. The zero-order chi connectivity index (χ0) is 12.4. The summed E-state index contributed by atoms with van der Waals surface area (Å²) >= 11 is 0. The molecule has 0 saturated carbocycles. The highest BCUT2D eigenvalue weighted by Gasteiger charge is 2.07. The van der Waals surface area contributed by atoms with Crippen molar-refractivity contribution in [1.82, 2.24) is 9.97 Å². The number of nitrogens with zero attached hydrogens (tertiary/aromatic N) is 2. The van der Waals surface area contributed by atoms with Crippen molar-refractivity contribution in [3.8, 4) is 0 Å². The number of rotatable bonds is 2. The number of nitrogens with one attached hydrogen (secondary N) is 1. The average molecular weight is 239 g/mol. The van der Waals surface area contributed by atoms with Crippen LogP contribution in [-0.2, 0) is 0 Å². The molecule has 5 heteroatoms. The molecule has 0 aliphatic carbocycles. The van der Waals surface area contributed by atoms with E-state index in [4.69, 9.17) is 4.42 Å². The van der Waals surface area contributed by atoms with Crippen molar-refractivity contribution < 1.29 is 9.21 Å². The summed E-state index contributed by atoms with van der Waals surface area (Å²) in [6, 6.07) is 8.72. The molecule has 88 valence electrons. The van der Waals surface area contributed by atoms with E-state index in [1.54, 1.807) is 36.5 Å². The maximum atomic E-state index is 11.9. The van der Waals surface area contributed by atoms with Crippen LogP contribution in [0.1, 0.15) is 10.4 Å². The average Bonchev–Trinajstić information content (AvgIpc) is 2.87. The first kappa shape index (κ1) is 10.5. The predicted molar refractivity (Wildman–Crippen MR) is 66.2 cm³/mol. The third kappa shape index (κ3) is 1.93. The second-order valence-electron chi connectivity index (χ2n) is 3.73. The first-order valence-electron chi connectivity index (χ1n) is 5.37. The number of amides is 1. The van der Waals surface area contributed by atoms with Crippen LogP contribution < -0.4 is 5.32 Å². The first-order valence-corrected chi connectivity index (χ1v) is 5.37. The summed E-state index contributed by atoms with van der Waals surface area (Å²) in [5.74, 6) is -0.207. The van der Waals surface area contributed by atoms with Gasteiger partial charge >= 0.3 is 0 Å². The van der Waals surface area contributed by atoms with Crippen LogP contribution in [0, 0.1) is 0 Å². The van der Waals surface area contributed by atoms with Gasteiger partial charge in [-0.2, -0.15) is 0 Å². The molecule has 1 amide bonds. The quantitative estimate of drug-likeness (QED) is 0.745. The van der Waals surface area contributed by atoms with Gasteiger partial charge in [0.1, 0.15) is 5.52 Å². The molecule has 0 atom stereocenters. The minimum Gasteiger partial charge on any atom is -0.443 e. The largest absolute Gasteiger partial charge is 0.443 e. The molecule has 1 aromatic carbocycles. The van der Waals surface area contributed by atoms with Crippen LogP contribution in [-0.4, -0.2) is 15.9 Å². The topological polar surface area (TPSA) is 68.0 Å². The summed E-state index contributed by atoms with van der Waals surface area (Å²) in [6.07, 6.45) is 4.51. The normalized spacial score (nSPS) is 10.4. The number of fused-ring (bicyclic) bond motifs is 1. The van der Waals surface area contributed by atoms with Crippen LogP contribution in [0.15, 0.2) is 53.5 Å². The number of carbonyl (C=O) groups excluding carboxylic acids is 1. The van der Waals surface area contributed by atoms with E-state index >= 15 is 0 Å². The molecule has 0 saturated heterocycles. The molecule has 0 radical (unpaired) electrons. The molecule has 18 heavy (non-hydrogen) atoms. The lowest BCUT2D eigenvalue weighted by atomic mass is 10.2. The summed E-state index contributed by atoms with van der Waals surface area (Å²) in [6.45, 7) is 0. The Balaban J connectivity index is 1.86. The Kier molecular flexibility index (Phi) is 2.49. The number of hydrogen-bond acceptors (Lipinski definition) is 4. The van der Waals surface area contributed by atoms with E-state index in [2.05, 4.69) is 15.3 Å². The smallest absolute Gasteiger partial charge is 0.257 e. The van der Waals surface area contributed by atoms with Gasteiger partial charge in [0.2, 0.25) is 0 Å². The molecule has 5 nitrogen and oxygen atoms in total. The fraction of sp³-hybridized carbons (Fsp3) is 0. The molecule has 0 aliphatic rings. The van der Waals surface area contributed by atoms with Crippen LogP contribution in [0.2, 0.25) is 0 Å². The number of benzene rings is 1. The summed E-state index contributed by atoms with van der Waals surface area (Å²) in [5, 5.41) is 2.77. The lowest BCUT2D eigenvalue weighted by Crippen LogP contribution is -2.11. The predicted octanol–water partition coefficient (Wildman–Crippen LogP) is 2.48. The van der Waals surface area contributed by atoms with Crippen molar-refractivity contribution in [2.75, 3.05) is 5.32 Å². The van der Waals surface area contributed by atoms with Crippen LogP contribution in [0.4, 0.5) is 5.69 Å². The van der Waals surface area contributed by atoms with Crippen molar-refractivity contribution in [1.29, 1.82) is 0 Å². The number of hydrogen-bond donors (Lipinski definition) is 1. The second-order valence-corrected chi connectivity index (χ2v) is 3.73. The van der Waals surface area contributed by atoms with E-state index in [9.17, 15) is 4.79 Å². The monoisotopic (exact) mass is 239 g/mol. The van der Waals surface area contributed by atoms with Gasteiger partial charge in [-0.1, -0.05) is 0 Å². The molecule has 0 unspecified atom stereocenters. The minimum absolute atomic E-state index is 0.207. The van der Waals surface area contributed by atoms with Crippen LogP contribution in [0.25, 0.3) is 11.1 Å². The third-order valence-corrected chi connectivity index (χ3v) is 2.51. The highest BCUT2D eigenvalue weighted by molar-refractivity contribution is 6.04. The third-order valence-electron chi connectivity index (χ3n) is 2.51. The Labute approximate surface area is 102 Å². The standard InChI is InChI=1S/C13H9N3O2/c17-13(9-2-1-5-14-7-9)16-10-3-4-11-12(6-10)18-8-15-11/h1-8H,(H,16,17). The highest BCUT2D eigenvalue weighted by atomic mass is 16.3. The Morgan fingerprint density at radius 2 is 2.22 bits per heavy atom. The number of carbonyl (C=O) groups is 1. The van der Waals surface area contributed by atoms with Gasteiger partial charge in [0.25, 0.3) is 5.91 Å². The van der Waals surface area contributed by atoms with Gasteiger partial charge in [0.15, 0.2) is 12.0 Å². The molecule has 3 rings (SSSR count). The molecule has 0 bridgehead atoms. The second kappa shape index (κ2) is 4.29. The van der Waals surface area contributed by atoms with Gasteiger partial charge in [0, 0.05) is 24.1 Å². The highest BCUT2D eigenvalue weighted by Crippen LogP contribution is 2.18.